The van der Waals surface area contributed by atoms with E-state index in [1.165, 1.54) is 4.57 Å². The standard InChI is InChI=1S/C22H21N7O3/c1-2-3-8-20-23-13-19(29(31)32)22(30)28(20)14-15-9-11-16(12-10-15)17-6-4-5-7-18(17)21-24-26-27-25-21/h4-7,9-13H,2-3,8,14H2,1H3,(H,24,25,26,27). The summed E-state index contributed by atoms with van der Waals surface area (Å²) in [4.78, 5) is 27.5. The second kappa shape index (κ2) is 9.29. The van der Waals surface area contributed by atoms with E-state index in [-0.39, 0.29) is 6.54 Å². The summed E-state index contributed by atoms with van der Waals surface area (Å²) in [6.07, 6.45) is 3.42. The monoisotopic (exact) mass is 431 g/mol. The first-order chi connectivity index (χ1) is 15.6. The van der Waals surface area contributed by atoms with Gasteiger partial charge in [-0.2, -0.15) is 5.21 Å². The largest absolute Gasteiger partial charge is 0.352 e. The van der Waals surface area contributed by atoms with Gasteiger partial charge in [-0.25, -0.2) is 4.98 Å². The molecule has 10 nitrogen and oxygen atoms in total. The van der Waals surface area contributed by atoms with Crippen LogP contribution in [0.4, 0.5) is 5.69 Å². The number of tetrazole rings is 1. The maximum Gasteiger partial charge on any atom is 0.352 e. The van der Waals surface area contributed by atoms with Crippen molar-refractivity contribution in [2.75, 3.05) is 0 Å². The van der Waals surface area contributed by atoms with Crippen LogP contribution in [0.5, 0.6) is 0 Å². The van der Waals surface area contributed by atoms with Gasteiger partial charge >= 0.3 is 11.2 Å². The fraction of sp³-hybridized carbons (Fsp3) is 0.227. The van der Waals surface area contributed by atoms with E-state index < -0.39 is 16.2 Å². The van der Waals surface area contributed by atoms with Gasteiger partial charge in [0, 0.05) is 12.0 Å². The van der Waals surface area contributed by atoms with Gasteiger partial charge in [-0.3, -0.25) is 19.5 Å². The Labute approximate surface area is 183 Å². The maximum absolute atomic E-state index is 12.7. The van der Waals surface area contributed by atoms with Gasteiger partial charge in [0.1, 0.15) is 12.0 Å². The van der Waals surface area contributed by atoms with Crippen molar-refractivity contribution >= 4 is 5.69 Å². The Bertz CT molecular complexity index is 1280. The third kappa shape index (κ3) is 4.29. The van der Waals surface area contributed by atoms with Crippen LogP contribution in [0, 0.1) is 10.1 Å². The van der Waals surface area contributed by atoms with Crippen molar-refractivity contribution in [2.45, 2.75) is 32.7 Å². The Morgan fingerprint density at radius 2 is 1.84 bits per heavy atom. The van der Waals surface area contributed by atoms with Crippen molar-refractivity contribution in [1.29, 1.82) is 0 Å². The van der Waals surface area contributed by atoms with E-state index in [1.54, 1.807) is 0 Å². The fourth-order valence-corrected chi connectivity index (χ4v) is 3.52. The van der Waals surface area contributed by atoms with Gasteiger partial charge in [0.25, 0.3) is 0 Å². The minimum absolute atomic E-state index is 0.208. The molecule has 0 bridgehead atoms. The Hall–Kier alpha value is -4.21. The van der Waals surface area contributed by atoms with Crippen LogP contribution >= 0.6 is 0 Å². The van der Waals surface area contributed by atoms with E-state index >= 15 is 0 Å². The summed E-state index contributed by atoms with van der Waals surface area (Å²) in [6, 6.07) is 15.4. The number of H-pyrrole nitrogens is 1. The lowest BCUT2D eigenvalue weighted by atomic mass is 9.98. The van der Waals surface area contributed by atoms with Crippen molar-refractivity contribution < 1.29 is 4.92 Å². The molecule has 0 aliphatic heterocycles. The predicted molar refractivity (Wildman–Crippen MR) is 118 cm³/mol. The third-order valence-corrected chi connectivity index (χ3v) is 5.18. The molecule has 10 heteroatoms. The van der Waals surface area contributed by atoms with Crippen LogP contribution in [0.25, 0.3) is 22.5 Å². The van der Waals surface area contributed by atoms with E-state index in [2.05, 4.69) is 25.6 Å². The van der Waals surface area contributed by atoms with Gasteiger partial charge in [-0.15, -0.1) is 10.2 Å². The van der Waals surface area contributed by atoms with Crippen LogP contribution < -0.4 is 5.56 Å². The number of aromatic nitrogens is 6. The minimum atomic E-state index is -0.687. The molecule has 0 aliphatic carbocycles. The molecule has 0 atom stereocenters. The van der Waals surface area contributed by atoms with Crippen LogP contribution in [0.2, 0.25) is 0 Å². The quantitative estimate of drug-likeness (QED) is 0.334. The summed E-state index contributed by atoms with van der Waals surface area (Å²) in [5.74, 6) is 1.05. The Morgan fingerprint density at radius 3 is 2.50 bits per heavy atom. The van der Waals surface area contributed by atoms with Crippen LogP contribution in [0.3, 0.4) is 0 Å². The highest BCUT2D eigenvalue weighted by Crippen LogP contribution is 2.29. The normalized spacial score (nSPS) is 10.9. The molecule has 0 amide bonds. The van der Waals surface area contributed by atoms with E-state index in [0.29, 0.717) is 18.1 Å². The molecule has 162 valence electrons. The average Bonchev–Trinajstić information content (AvgIpc) is 3.34. The fourth-order valence-electron chi connectivity index (χ4n) is 3.52. The summed E-state index contributed by atoms with van der Waals surface area (Å²) in [5.41, 5.74) is 2.42. The Kier molecular flexibility index (Phi) is 6.11. The van der Waals surface area contributed by atoms with E-state index in [9.17, 15) is 14.9 Å². The van der Waals surface area contributed by atoms with Crippen molar-refractivity contribution in [2.24, 2.45) is 0 Å². The Morgan fingerprint density at radius 1 is 1.09 bits per heavy atom. The number of benzene rings is 2. The van der Waals surface area contributed by atoms with E-state index in [0.717, 1.165) is 41.3 Å². The highest BCUT2D eigenvalue weighted by molar-refractivity contribution is 5.80. The highest BCUT2D eigenvalue weighted by Gasteiger charge is 2.19. The number of aryl methyl sites for hydroxylation is 1. The van der Waals surface area contributed by atoms with Gasteiger partial charge in [0.15, 0.2) is 0 Å². The molecule has 0 radical (unpaired) electrons. The first kappa shape index (κ1) is 21.0. The number of nitro groups is 1. The van der Waals surface area contributed by atoms with Gasteiger partial charge < -0.3 is 0 Å². The van der Waals surface area contributed by atoms with Gasteiger partial charge in [-0.05, 0) is 28.3 Å². The summed E-state index contributed by atoms with van der Waals surface area (Å²) >= 11 is 0. The number of unbranched alkanes of at least 4 members (excludes halogenated alkanes) is 1. The van der Waals surface area contributed by atoms with Crippen LogP contribution in [-0.2, 0) is 13.0 Å². The molecular weight excluding hydrogens is 410 g/mol. The molecule has 4 aromatic rings. The third-order valence-electron chi connectivity index (χ3n) is 5.18. The molecule has 0 fully saturated rings. The second-order valence-electron chi connectivity index (χ2n) is 7.29. The van der Waals surface area contributed by atoms with Crippen molar-refractivity contribution in [3.8, 4) is 22.5 Å². The minimum Gasteiger partial charge on any atom is -0.286 e. The molecule has 0 unspecified atom stereocenters. The first-order valence-corrected chi connectivity index (χ1v) is 10.2. The van der Waals surface area contributed by atoms with Gasteiger partial charge in [0.2, 0.25) is 5.82 Å². The molecule has 0 saturated carbocycles. The number of rotatable bonds is 8. The van der Waals surface area contributed by atoms with Crippen molar-refractivity contribution in [1.82, 2.24) is 30.2 Å². The lowest BCUT2D eigenvalue weighted by Crippen LogP contribution is -2.27. The van der Waals surface area contributed by atoms with E-state index in [1.807, 2.05) is 55.5 Å². The Balaban J connectivity index is 1.67. The molecule has 0 spiro atoms. The van der Waals surface area contributed by atoms with Crippen LogP contribution in [0.15, 0.2) is 59.5 Å². The zero-order chi connectivity index (χ0) is 22.5. The topological polar surface area (TPSA) is 132 Å². The predicted octanol–water partition coefficient (Wildman–Crippen LogP) is 3.39. The zero-order valence-corrected chi connectivity index (χ0v) is 17.4. The molecule has 2 aromatic heterocycles. The molecule has 2 aromatic carbocycles. The smallest absolute Gasteiger partial charge is 0.286 e. The lowest BCUT2D eigenvalue weighted by molar-refractivity contribution is -0.386. The zero-order valence-electron chi connectivity index (χ0n) is 17.4. The number of aromatic amines is 1. The molecule has 1 N–H and O–H groups in total. The maximum atomic E-state index is 12.7. The lowest BCUT2D eigenvalue weighted by Gasteiger charge is -2.12. The van der Waals surface area contributed by atoms with Crippen LogP contribution in [-0.4, -0.2) is 35.1 Å². The molecule has 2 heterocycles. The highest BCUT2D eigenvalue weighted by atomic mass is 16.6. The molecule has 32 heavy (non-hydrogen) atoms. The summed E-state index contributed by atoms with van der Waals surface area (Å²) in [7, 11) is 0. The first-order valence-electron chi connectivity index (χ1n) is 10.2. The second-order valence-corrected chi connectivity index (χ2v) is 7.29. The van der Waals surface area contributed by atoms with Crippen molar-refractivity contribution in [3.05, 3.63) is 86.6 Å². The van der Waals surface area contributed by atoms with E-state index in [4.69, 9.17) is 0 Å². The molecule has 0 saturated heterocycles. The number of nitrogens with zero attached hydrogens (tertiary/aromatic N) is 6. The van der Waals surface area contributed by atoms with Crippen LogP contribution in [0.1, 0.15) is 31.2 Å². The summed E-state index contributed by atoms with van der Waals surface area (Å²) < 4.78 is 1.40. The average molecular weight is 431 g/mol. The summed E-state index contributed by atoms with van der Waals surface area (Å²) in [5, 5.41) is 25.4. The van der Waals surface area contributed by atoms with Gasteiger partial charge in [0.05, 0.1) is 11.5 Å². The molecule has 0 aliphatic rings. The molecule has 4 rings (SSSR count). The van der Waals surface area contributed by atoms with Gasteiger partial charge in [-0.1, -0.05) is 61.9 Å². The number of nitrogens with one attached hydrogen (secondary N) is 1. The number of hydrogen-bond acceptors (Lipinski definition) is 7. The molecular formula is C22H21N7O3. The summed E-state index contributed by atoms with van der Waals surface area (Å²) in [6.45, 7) is 2.25. The van der Waals surface area contributed by atoms with Crippen molar-refractivity contribution in [3.63, 3.8) is 0 Å². The number of hydrogen-bond donors (Lipinski definition) is 1. The SMILES string of the molecule is CCCCc1ncc([N+](=O)[O-])c(=O)n1Cc1ccc(-c2ccccc2-c2nn[nH]n2)cc1.